The third-order valence-corrected chi connectivity index (χ3v) is 4.57. The van der Waals surface area contributed by atoms with Gasteiger partial charge in [-0.05, 0) is 31.2 Å². The highest BCUT2D eigenvalue weighted by Gasteiger charge is 2.19. The Bertz CT molecular complexity index is 782. The van der Waals surface area contributed by atoms with Crippen LogP contribution in [0.3, 0.4) is 0 Å². The van der Waals surface area contributed by atoms with Crippen molar-refractivity contribution in [2.24, 2.45) is 0 Å². The Morgan fingerprint density at radius 1 is 1.32 bits per heavy atom. The molecule has 7 heteroatoms. The van der Waals surface area contributed by atoms with Gasteiger partial charge in [0.05, 0.1) is 29.5 Å². The van der Waals surface area contributed by atoms with Gasteiger partial charge in [-0.1, -0.05) is 13.3 Å². The highest BCUT2D eigenvalue weighted by atomic mass is 32.2. The number of benzene rings is 1. The summed E-state index contributed by atoms with van der Waals surface area (Å²) in [7, 11) is -3.26. The minimum Gasteiger partial charge on any atom is -0.326 e. The van der Waals surface area contributed by atoms with Gasteiger partial charge >= 0.3 is 0 Å². The highest BCUT2D eigenvalue weighted by molar-refractivity contribution is 7.92. The molecular weight excluding hydrogens is 300 g/mol. The van der Waals surface area contributed by atoms with Gasteiger partial charge in [0, 0.05) is 13.1 Å². The highest BCUT2D eigenvalue weighted by Crippen LogP contribution is 2.24. The van der Waals surface area contributed by atoms with Crippen LogP contribution < -0.4 is 4.72 Å². The van der Waals surface area contributed by atoms with Crippen LogP contribution in [0.15, 0.2) is 18.2 Å². The van der Waals surface area contributed by atoms with E-state index in [0.29, 0.717) is 5.69 Å². The summed E-state index contributed by atoms with van der Waals surface area (Å²) in [6.07, 6.45) is 3.57. The zero-order valence-electron chi connectivity index (χ0n) is 13.0. The van der Waals surface area contributed by atoms with Crippen LogP contribution in [0.4, 0.5) is 5.69 Å². The topological polar surface area (TPSA) is 67.2 Å². The zero-order chi connectivity index (χ0) is 15.7. The molecule has 22 heavy (non-hydrogen) atoms. The molecule has 0 radical (unpaired) electrons. The Morgan fingerprint density at radius 3 is 2.86 bits per heavy atom. The van der Waals surface area contributed by atoms with E-state index >= 15 is 0 Å². The van der Waals surface area contributed by atoms with Crippen molar-refractivity contribution in [3.05, 3.63) is 24.0 Å². The molecule has 2 heterocycles. The van der Waals surface area contributed by atoms with Crippen LogP contribution in [-0.2, 0) is 23.1 Å². The van der Waals surface area contributed by atoms with E-state index in [1.807, 2.05) is 6.07 Å². The van der Waals surface area contributed by atoms with Crippen LogP contribution in [0.25, 0.3) is 11.0 Å². The van der Waals surface area contributed by atoms with E-state index in [1.165, 1.54) is 12.8 Å². The van der Waals surface area contributed by atoms with Crippen LogP contribution >= 0.6 is 0 Å². The average Bonchev–Trinajstić information content (AvgIpc) is 2.79. The molecule has 0 amide bonds. The van der Waals surface area contributed by atoms with Crippen molar-refractivity contribution in [3.63, 3.8) is 0 Å². The first-order chi connectivity index (χ1) is 10.5. The predicted molar refractivity (Wildman–Crippen MR) is 88.4 cm³/mol. The lowest BCUT2D eigenvalue weighted by Crippen LogP contribution is -2.34. The molecule has 2 aromatic rings. The summed E-state index contributed by atoms with van der Waals surface area (Å²) in [4.78, 5) is 7.12. The molecule has 0 atom stereocenters. The molecule has 0 unspecified atom stereocenters. The molecule has 1 N–H and O–H groups in total. The fraction of sp³-hybridized carbons (Fsp3) is 0.533. The zero-order valence-corrected chi connectivity index (χ0v) is 13.9. The van der Waals surface area contributed by atoms with Gasteiger partial charge in [-0.2, -0.15) is 0 Å². The van der Waals surface area contributed by atoms with Gasteiger partial charge < -0.3 is 4.57 Å². The lowest BCUT2D eigenvalue weighted by Gasteiger charge is -2.27. The molecule has 0 saturated carbocycles. The summed E-state index contributed by atoms with van der Waals surface area (Å²) in [5.41, 5.74) is 2.48. The fourth-order valence-electron chi connectivity index (χ4n) is 2.92. The molecule has 0 saturated heterocycles. The molecule has 1 aliphatic heterocycles. The number of fused-ring (bicyclic) bond motifs is 3. The van der Waals surface area contributed by atoms with Crippen LogP contribution in [-0.4, -0.2) is 42.2 Å². The number of rotatable bonds is 5. The third kappa shape index (κ3) is 3.25. The Balaban J connectivity index is 1.87. The van der Waals surface area contributed by atoms with Gasteiger partial charge in [-0.3, -0.25) is 9.62 Å². The van der Waals surface area contributed by atoms with Gasteiger partial charge in [0.2, 0.25) is 10.0 Å². The summed E-state index contributed by atoms with van der Waals surface area (Å²) in [5.74, 6) is 1.06. The van der Waals surface area contributed by atoms with Crippen molar-refractivity contribution in [1.82, 2.24) is 14.5 Å². The smallest absolute Gasteiger partial charge is 0.229 e. The largest absolute Gasteiger partial charge is 0.326 e. The lowest BCUT2D eigenvalue weighted by molar-refractivity contribution is 0.216. The summed E-state index contributed by atoms with van der Waals surface area (Å²) in [5, 5.41) is 0. The van der Waals surface area contributed by atoms with Crippen molar-refractivity contribution in [2.45, 2.75) is 32.9 Å². The minimum atomic E-state index is -3.26. The summed E-state index contributed by atoms with van der Waals surface area (Å²) in [6, 6.07) is 5.54. The first kappa shape index (κ1) is 15.3. The molecule has 1 aliphatic rings. The molecule has 6 nitrogen and oxygen atoms in total. The Labute approximate surface area is 131 Å². The van der Waals surface area contributed by atoms with Crippen LogP contribution in [0.5, 0.6) is 0 Å². The third-order valence-electron chi connectivity index (χ3n) is 3.96. The SMILES string of the molecule is CCCCN1CCn2c(nc3cc(NS(C)(=O)=O)ccc32)C1. The van der Waals surface area contributed by atoms with Crippen LogP contribution in [0.1, 0.15) is 25.6 Å². The number of nitrogens with one attached hydrogen (secondary N) is 1. The van der Waals surface area contributed by atoms with E-state index < -0.39 is 10.0 Å². The number of aromatic nitrogens is 2. The normalized spacial score (nSPS) is 15.9. The quantitative estimate of drug-likeness (QED) is 0.914. The monoisotopic (exact) mass is 322 g/mol. The maximum atomic E-state index is 11.3. The maximum Gasteiger partial charge on any atom is 0.229 e. The molecule has 3 rings (SSSR count). The van der Waals surface area contributed by atoms with E-state index in [4.69, 9.17) is 0 Å². The molecule has 0 aliphatic carbocycles. The molecule has 1 aromatic heterocycles. The van der Waals surface area contributed by atoms with Crippen LogP contribution in [0.2, 0.25) is 0 Å². The molecule has 0 spiro atoms. The Morgan fingerprint density at radius 2 is 2.14 bits per heavy atom. The molecule has 1 aromatic carbocycles. The van der Waals surface area contributed by atoms with Crippen molar-refractivity contribution in [1.29, 1.82) is 0 Å². The van der Waals surface area contributed by atoms with Gasteiger partial charge in [-0.15, -0.1) is 0 Å². The molecule has 0 bridgehead atoms. The number of sulfonamides is 1. The van der Waals surface area contributed by atoms with E-state index in [2.05, 4.69) is 26.1 Å². The standard InChI is InChI=1S/C15H22N4O2S/c1-3-4-7-18-8-9-19-14-6-5-12(17-22(2,20)21)10-13(14)16-15(19)11-18/h5-6,10,17H,3-4,7-9,11H2,1-2H3. The number of hydrogen-bond donors (Lipinski definition) is 1. The van der Waals surface area contributed by atoms with Crippen molar-refractivity contribution in [3.8, 4) is 0 Å². The van der Waals surface area contributed by atoms with E-state index in [-0.39, 0.29) is 0 Å². The minimum absolute atomic E-state index is 0.563. The summed E-state index contributed by atoms with van der Waals surface area (Å²) < 4.78 is 27.4. The lowest BCUT2D eigenvalue weighted by atomic mass is 10.2. The van der Waals surface area contributed by atoms with Gasteiger partial charge in [0.25, 0.3) is 0 Å². The number of anilines is 1. The van der Waals surface area contributed by atoms with Gasteiger partial charge in [0.1, 0.15) is 5.82 Å². The summed E-state index contributed by atoms with van der Waals surface area (Å²) >= 11 is 0. The molecule has 0 fully saturated rings. The Hall–Kier alpha value is -1.60. The van der Waals surface area contributed by atoms with E-state index in [1.54, 1.807) is 12.1 Å². The second kappa shape index (κ2) is 5.89. The van der Waals surface area contributed by atoms with Gasteiger partial charge in [-0.25, -0.2) is 13.4 Å². The van der Waals surface area contributed by atoms with Crippen LogP contribution in [0, 0.1) is 0 Å². The van der Waals surface area contributed by atoms with Crippen molar-refractivity contribution < 1.29 is 8.42 Å². The maximum absolute atomic E-state index is 11.3. The first-order valence-corrected chi connectivity index (χ1v) is 9.55. The second-order valence-corrected chi connectivity index (χ2v) is 7.64. The number of unbranched alkanes of at least 4 members (excludes halogenated alkanes) is 1. The molecular formula is C15H22N4O2S. The summed E-state index contributed by atoms with van der Waals surface area (Å²) in [6.45, 7) is 6.16. The van der Waals surface area contributed by atoms with Crippen molar-refractivity contribution >= 4 is 26.7 Å². The second-order valence-electron chi connectivity index (χ2n) is 5.89. The van der Waals surface area contributed by atoms with E-state index in [0.717, 1.165) is 49.3 Å². The number of imidazole rings is 1. The van der Waals surface area contributed by atoms with Gasteiger partial charge in [0.15, 0.2) is 0 Å². The molecule has 120 valence electrons. The first-order valence-electron chi connectivity index (χ1n) is 7.65. The van der Waals surface area contributed by atoms with E-state index in [9.17, 15) is 8.42 Å². The predicted octanol–water partition coefficient (Wildman–Crippen LogP) is 2.02. The average molecular weight is 322 g/mol. The number of nitrogens with zero attached hydrogens (tertiary/aromatic N) is 3. The fourth-order valence-corrected chi connectivity index (χ4v) is 3.48. The van der Waals surface area contributed by atoms with Crippen molar-refractivity contribution in [2.75, 3.05) is 24.1 Å². The number of hydrogen-bond acceptors (Lipinski definition) is 4. The Kier molecular flexibility index (Phi) is 4.10.